The van der Waals surface area contributed by atoms with E-state index in [0.717, 1.165) is 0 Å². The van der Waals surface area contributed by atoms with Crippen molar-refractivity contribution in [1.82, 2.24) is 5.43 Å². The molecule has 0 aliphatic heterocycles. The molecule has 1 amide bonds. The van der Waals surface area contributed by atoms with Crippen molar-refractivity contribution in [2.45, 2.75) is 0 Å². The number of nitrogens with one attached hydrogen (secondary N) is 1. The quantitative estimate of drug-likeness (QED) is 0.463. The Morgan fingerprint density at radius 1 is 1.36 bits per heavy atom. The van der Waals surface area contributed by atoms with Crippen LogP contribution in [-0.2, 0) is 4.79 Å². The van der Waals surface area contributed by atoms with E-state index in [2.05, 4.69) is 10.5 Å². The Morgan fingerprint density at radius 2 is 2.16 bits per heavy atom. The smallest absolute Gasteiger partial charge is 0.277 e. The number of nitrogens with zero attached hydrogens (tertiary/aromatic N) is 2. The third-order valence-corrected chi connectivity index (χ3v) is 3.22. The highest BCUT2D eigenvalue weighted by Gasteiger charge is 2.10. The zero-order chi connectivity index (χ0) is 18.2. The van der Waals surface area contributed by atoms with Crippen LogP contribution in [0.3, 0.4) is 0 Å². The molecule has 0 bridgehead atoms. The molecule has 8 nitrogen and oxygen atoms in total. The van der Waals surface area contributed by atoms with E-state index in [-0.39, 0.29) is 12.3 Å². The summed E-state index contributed by atoms with van der Waals surface area (Å²) in [4.78, 5) is 22.0. The summed E-state index contributed by atoms with van der Waals surface area (Å²) in [6.07, 6.45) is 1.25. The van der Waals surface area contributed by atoms with Crippen molar-refractivity contribution in [2.75, 3.05) is 13.7 Å². The highest BCUT2D eigenvalue weighted by molar-refractivity contribution is 6.30. The lowest BCUT2D eigenvalue weighted by Gasteiger charge is -2.06. The molecule has 0 fully saturated rings. The lowest BCUT2D eigenvalue weighted by atomic mass is 10.2. The fraction of sp³-hybridized carbons (Fsp3) is 0.125. The average molecular weight is 364 g/mol. The van der Waals surface area contributed by atoms with Crippen molar-refractivity contribution in [1.29, 1.82) is 0 Å². The number of benzene rings is 2. The molecule has 0 saturated heterocycles. The maximum Gasteiger partial charge on any atom is 0.277 e. The van der Waals surface area contributed by atoms with Crippen molar-refractivity contribution < 1.29 is 19.2 Å². The van der Waals surface area contributed by atoms with E-state index in [1.807, 2.05) is 0 Å². The number of hydrogen-bond donors (Lipinski definition) is 1. The van der Waals surface area contributed by atoms with Gasteiger partial charge in [0.25, 0.3) is 11.6 Å². The molecule has 2 rings (SSSR count). The summed E-state index contributed by atoms with van der Waals surface area (Å²) in [7, 11) is 1.43. The highest BCUT2D eigenvalue weighted by atomic mass is 35.5. The number of carbonyl (C=O) groups excluding carboxylic acids is 1. The van der Waals surface area contributed by atoms with Crippen molar-refractivity contribution in [3.63, 3.8) is 0 Å². The number of nitro groups is 1. The Balaban J connectivity index is 1.94. The molecule has 0 saturated carbocycles. The topological polar surface area (TPSA) is 103 Å². The van der Waals surface area contributed by atoms with Gasteiger partial charge in [-0.2, -0.15) is 5.10 Å². The van der Waals surface area contributed by atoms with Crippen LogP contribution in [0.4, 0.5) is 5.69 Å². The van der Waals surface area contributed by atoms with E-state index >= 15 is 0 Å². The normalized spacial score (nSPS) is 10.5. The number of halogens is 1. The van der Waals surface area contributed by atoms with Crippen LogP contribution in [0.15, 0.2) is 47.6 Å². The average Bonchev–Trinajstić information content (AvgIpc) is 2.60. The van der Waals surface area contributed by atoms with Crippen LogP contribution in [0.5, 0.6) is 11.5 Å². The highest BCUT2D eigenvalue weighted by Crippen LogP contribution is 2.22. The van der Waals surface area contributed by atoms with Crippen LogP contribution >= 0.6 is 11.6 Å². The van der Waals surface area contributed by atoms with Gasteiger partial charge in [0.2, 0.25) is 0 Å². The van der Waals surface area contributed by atoms with Gasteiger partial charge in [-0.25, -0.2) is 5.43 Å². The summed E-state index contributed by atoms with van der Waals surface area (Å²) in [5.41, 5.74) is 2.50. The largest absolute Gasteiger partial charge is 0.496 e. The Labute approximate surface area is 148 Å². The number of methoxy groups -OCH3 is 1. The summed E-state index contributed by atoms with van der Waals surface area (Å²) in [6.45, 7) is -0.260. The number of rotatable bonds is 7. The van der Waals surface area contributed by atoms with Gasteiger partial charge < -0.3 is 9.47 Å². The summed E-state index contributed by atoms with van der Waals surface area (Å²) in [6, 6.07) is 10.7. The second-order valence-electron chi connectivity index (χ2n) is 4.72. The number of non-ortho nitro benzene ring substituents is 1. The van der Waals surface area contributed by atoms with Crippen LogP contribution in [-0.4, -0.2) is 30.8 Å². The lowest BCUT2D eigenvalue weighted by Crippen LogP contribution is -2.24. The van der Waals surface area contributed by atoms with Crippen LogP contribution in [0.2, 0.25) is 5.02 Å². The summed E-state index contributed by atoms with van der Waals surface area (Å²) in [5, 5.41) is 15.0. The van der Waals surface area contributed by atoms with Crippen LogP contribution in [0.25, 0.3) is 0 Å². The summed E-state index contributed by atoms with van der Waals surface area (Å²) in [5.74, 6) is 0.339. The van der Waals surface area contributed by atoms with Crippen LogP contribution in [0, 0.1) is 10.1 Å². The number of amides is 1. The molecule has 2 aromatic carbocycles. The first-order valence-electron chi connectivity index (χ1n) is 7.02. The van der Waals surface area contributed by atoms with Gasteiger partial charge in [-0.15, -0.1) is 0 Å². The van der Waals surface area contributed by atoms with Gasteiger partial charge in [-0.1, -0.05) is 17.7 Å². The number of hydrogen-bond acceptors (Lipinski definition) is 6. The standard InChI is InChI=1S/C16H14ClN3O5/c1-24-15-6-5-13(20(22)23)7-11(15)9-18-19-16(21)10-25-14-4-2-3-12(17)8-14/h2-9H,10H2,1H3,(H,19,21). The Kier molecular flexibility index (Phi) is 6.30. The number of hydrazone groups is 1. The second kappa shape index (κ2) is 8.65. The van der Waals surface area contributed by atoms with Gasteiger partial charge in [0, 0.05) is 22.7 Å². The maximum atomic E-state index is 11.7. The van der Waals surface area contributed by atoms with Gasteiger partial charge in [0.15, 0.2) is 6.61 Å². The predicted octanol–water partition coefficient (Wildman–Crippen LogP) is 2.79. The molecule has 0 aliphatic rings. The van der Waals surface area contributed by atoms with Gasteiger partial charge in [0.05, 0.1) is 18.2 Å². The fourth-order valence-electron chi connectivity index (χ4n) is 1.85. The first-order valence-corrected chi connectivity index (χ1v) is 7.40. The molecule has 0 aliphatic carbocycles. The molecule has 0 radical (unpaired) electrons. The molecule has 0 unspecified atom stereocenters. The van der Waals surface area contributed by atoms with Crippen molar-refractivity contribution in [3.8, 4) is 11.5 Å². The molecular weight excluding hydrogens is 350 g/mol. The van der Waals surface area contributed by atoms with Gasteiger partial charge in [-0.05, 0) is 24.3 Å². The van der Waals surface area contributed by atoms with E-state index in [4.69, 9.17) is 21.1 Å². The summed E-state index contributed by atoms with van der Waals surface area (Å²) < 4.78 is 10.4. The third kappa shape index (κ3) is 5.47. The van der Waals surface area contributed by atoms with Crippen LogP contribution < -0.4 is 14.9 Å². The maximum absolute atomic E-state index is 11.7. The molecule has 9 heteroatoms. The van der Waals surface area contributed by atoms with Gasteiger partial charge >= 0.3 is 0 Å². The third-order valence-electron chi connectivity index (χ3n) is 2.98. The minimum Gasteiger partial charge on any atom is -0.496 e. The Hall–Kier alpha value is -3.13. The van der Waals surface area contributed by atoms with E-state index in [0.29, 0.717) is 22.1 Å². The molecule has 130 valence electrons. The minimum absolute atomic E-state index is 0.113. The number of ether oxygens (including phenoxy) is 2. The molecule has 0 heterocycles. The van der Waals surface area contributed by atoms with E-state index < -0.39 is 10.8 Å². The van der Waals surface area contributed by atoms with E-state index in [1.54, 1.807) is 24.3 Å². The van der Waals surface area contributed by atoms with Crippen molar-refractivity contribution in [2.24, 2.45) is 5.10 Å². The fourth-order valence-corrected chi connectivity index (χ4v) is 2.03. The molecule has 0 spiro atoms. The zero-order valence-electron chi connectivity index (χ0n) is 13.1. The SMILES string of the molecule is COc1ccc([N+](=O)[O-])cc1C=NNC(=O)COc1cccc(Cl)c1. The first-order chi connectivity index (χ1) is 12.0. The number of carbonyl (C=O) groups is 1. The molecule has 1 N–H and O–H groups in total. The number of nitro benzene ring substituents is 1. The van der Waals surface area contributed by atoms with Gasteiger partial charge in [0.1, 0.15) is 11.5 Å². The lowest BCUT2D eigenvalue weighted by molar-refractivity contribution is -0.384. The zero-order valence-corrected chi connectivity index (χ0v) is 13.9. The molecule has 0 aromatic heterocycles. The molecular formula is C16H14ClN3O5. The molecule has 0 atom stereocenters. The molecule has 2 aromatic rings. The van der Waals surface area contributed by atoms with Gasteiger partial charge in [-0.3, -0.25) is 14.9 Å². The Morgan fingerprint density at radius 3 is 2.84 bits per heavy atom. The minimum atomic E-state index is -0.534. The summed E-state index contributed by atoms with van der Waals surface area (Å²) >= 11 is 5.81. The van der Waals surface area contributed by atoms with Crippen molar-refractivity contribution in [3.05, 3.63) is 63.2 Å². The van der Waals surface area contributed by atoms with E-state index in [9.17, 15) is 14.9 Å². The molecule has 25 heavy (non-hydrogen) atoms. The van der Waals surface area contributed by atoms with Crippen LogP contribution in [0.1, 0.15) is 5.56 Å². The first kappa shape index (κ1) is 18.2. The predicted molar refractivity (Wildman–Crippen MR) is 92.3 cm³/mol. The van der Waals surface area contributed by atoms with Crippen molar-refractivity contribution >= 4 is 29.4 Å². The second-order valence-corrected chi connectivity index (χ2v) is 5.16. The van der Waals surface area contributed by atoms with E-state index in [1.165, 1.54) is 31.5 Å². The Bertz CT molecular complexity index is 810. The monoisotopic (exact) mass is 363 g/mol.